The molecule has 0 radical (unpaired) electrons. The topological polar surface area (TPSA) is 84.6 Å². The van der Waals surface area contributed by atoms with E-state index in [1.165, 1.54) is 53.1 Å². The van der Waals surface area contributed by atoms with Crippen LogP contribution < -0.4 is 15.0 Å². The summed E-state index contributed by atoms with van der Waals surface area (Å²) < 4.78 is 56.5. The maximum absolute atomic E-state index is 13.9. The molecule has 1 aromatic heterocycles. The van der Waals surface area contributed by atoms with Gasteiger partial charge < -0.3 is 15.0 Å². The van der Waals surface area contributed by atoms with Gasteiger partial charge in [-0.15, -0.1) is 18.3 Å². The van der Waals surface area contributed by atoms with E-state index < -0.39 is 12.4 Å². The Hall–Kier alpha value is -4.39. The molecule has 2 amide bonds. The van der Waals surface area contributed by atoms with Crippen LogP contribution in [0.1, 0.15) is 50.2 Å². The minimum absolute atomic E-state index is 0.122. The molecule has 1 aliphatic rings. The summed E-state index contributed by atoms with van der Waals surface area (Å²) in [5.74, 6) is 0.934. The molecule has 1 saturated heterocycles. The summed E-state index contributed by atoms with van der Waals surface area (Å²) in [4.78, 5) is 23.3. The monoisotopic (exact) mass is 640 g/mol. The first-order valence-corrected chi connectivity index (χ1v) is 15.4. The number of hydrogen-bond donors (Lipinski definition) is 1. The molecule has 0 bridgehead atoms. The molecular weight excluding hydrogens is 608 g/mol. The number of aromatic nitrogens is 3. The number of alkyl halides is 3. The van der Waals surface area contributed by atoms with Gasteiger partial charge in [0.15, 0.2) is 11.0 Å². The minimum atomic E-state index is -4.75. The zero-order valence-electron chi connectivity index (χ0n) is 24.9. The van der Waals surface area contributed by atoms with Gasteiger partial charge in [0.1, 0.15) is 17.9 Å². The fourth-order valence-electron chi connectivity index (χ4n) is 4.92. The number of rotatable bonds is 9. The van der Waals surface area contributed by atoms with Gasteiger partial charge in [0.05, 0.1) is 5.69 Å². The molecule has 0 aliphatic carbocycles. The highest BCUT2D eigenvalue weighted by Gasteiger charge is 2.31. The average molecular weight is 641 g/mol. The van der Waals surface area contributed by atoms with Gasteiger partial charge >= 0.3 is 12.4 Å². The predicted octanol–water partition coefficient (Wildman–Crippen LogP) is 7.91. The van der Waals surface area contributed by atoms with Crippen molar-refractivity contribution >= 4 is 28.6 Å². The van der Waals surface area contributed by atoms with E-state index in [9.17, 15) is 22.4 Å². The zero-order valence-corrected chi connectivity index (χ0v) is 25.7. The Morgan fingerprint density at radius 1 is 1.07 bits per heavy atom. The van der Waals surface area contributed by atoms with Crippen molar-refractivity contribution in [1.82, 2.24) is 20.1 Å². The van der Waals surface area contributed by atoms with Crippen LogP contribution in [0.2, 0.25) is 0 Å². The predicted molar refractivity (Wildman–Crippen MR) is 168 cm³/mol. The van der Waals surface area contributed by atoms with Gasteiger partial charge in [0.25, 0.3) is 0 Å². The minimum Gasteiger partial charge on any atom is -0.406 e. The first-order valence-electron chi connectivity index (χ1n) is 14.4. The molecule has 2 heterocycles. The molecule has 1 fully saturated rings. The van der Waals surface area contributed by atoms with Crippen LogP contribution in [0.25, 0.3) is 17.1 Å². The number of amidine groups is 1. The lowest BCUT2D eigenvalue weighted by Crippen LogP contribution is -2.29. The van der Waals surface area contributed by atoms with Crippen molar-refractivity contribution in [2.45, 2.75) is 45.4 Å². The third-order valence-corrected chi connectivity index (χ3v) is 8.25. The Morgan fingerprint density at radius 2 is 1.80 bits per heavy atom. The number of halogens is 4. The molecule has 13 heteroatoms. The second kappa shape index (κ2) is 13.7. The normalized spacial score (nSPS) is 15.1. The van der Waals surface area contributed by atoms with E-state index >= 15 is 0 Å². The Labute approximate surface area is 262 Å². The fourth-order valence-corrected chi connectivity index (χ4v) is 5.87. The molecule has 3 aromatic carbocycles. The third-order valence-electron chi connectivity index (χ3n) is 7.29. The number of amides is 2. The molecule has 0 saturated carbocycles. The van der Waals surface area contributed by atoms with E-state index in [-0.39, 0.29) is 23.4 Å². The van der Waals surface area contributed by atoms with Gasteiger partial charge in [-0.2, -0.15) is 4.99 Å². The number of anilines is 1. The molecular formula is C32H32F4N6O2S. The highest BCUT2D eigenvalue weighted by Crippen LogP contribution is 2.33. The summed E-state index contributed by atoms with van der Waals surface area (Å²) in [7, 11) is 0. The van der Waals surface area contributed by atoms with Gasteiger partial charge in [-0.25, -0.2) is 18.9 Å². The molecule has 45 heavy (non-hydrogen) atoms. The number of aliphatic imine (C=N–C) groups is 1. The fraction of sp³-hybridized carbons (Fsp3) is 0.312. The lowest BCUT2D eigenvalue weighted by Gasteiger charge is -2.23. The highest BCUT2D eigenvalue weighted by molar-refractivity contribution is 8.14. The molecule has 1 atom stereocenters. The Kier molecular flexibility index (Phi) is 9.76. The Balaban J connectivity index is 1.14. The maximum Gasteiger partial charge on any atom is 0.573 e. The summed E-state index contributed by atoms with van der Waals surface area (Å²) in [6, 6.07) is 17.4. The quantitative estimate of drug-likeness (QED) is 0.187. The molecule has 0 spiro atoms. The highest BCUT2D eigenvalue weighted by atomic mass is 32.2. The van der Waals surface area contributed by atoms with Gasteiger partial charge in [-0.3, -0.25) is 0 Å². The third kappa shape index (κ3) is 8.21. The van der Waals surface area contributed by atoms with Crippen molar-refractivity contribution in [2.75, 3.05) is 23.7 Å². The first-order chi connectivity index (χ1) is 21.5. The number of nitrogens with zero attached hydrogens (tertiary/aromatic N) is 5. The van der Waals surface area contributed by atoms with Crippen molar-refractivity contribution in [1.29, 1.82) is 0 Å². The maximum atomic E-state index is 13.9. The van der Waals surface area contributed by atoms with Crippen LogP contribution in [0.5, 0.6) is 5.75 Å². The van der Waals surface area contributed by atoms with Crippen molar-refractivity contribution in [2.24, 2.45) is 4.99 Å². The molecule has 1 N–H and O–H groups in total. The first kappa shape index (κ1) is 32.0. The van der Waals surface area contributed by atoms with E-state index in [0.29, 0.717) is 36.2 Å². The smallest absolute Gasteiger partial charge is 0.406 e. The molecule has 5 rings (SSSR count). The van der Waals surface area contributed by atoms with Crippen LogP contribution in [0, 0.1) is 5.82 Å². The van der Waals surface area contributed by atoms with Crippen LogP contribution >= 0.6 is 11.8 Å². The van der Waals surface area contributed by atoms with Gasteiger partial charge in [0, 0.05) is 30.1 Å². The average Bonchev–Trinajstić information content (AvgIpc) is 3.67. The lowest BCUT2D eigenvalue weighted by molar-refractivity contribution is -0.274. The van der Waals surface area contributed by atoms with E-state index in [1.54, 1.807) is 12.1 Å². The van der Waals surface area contributed by atoms with Gasteiger partial charge in [-0.1, -0.05) is 56.8 Å². The van der Waals surface area contributed by atoms with Gasteiger partial charge in [0.2, 0.25) is 0 Å². The second-order valence-corrected chi connectivity index (χ2v) is 11.9. The van der Waals surface area contributed by atoms with E-state index in [0.717, 1.165) is 28.1 Å². The number of ether oxygens (including phenoxy) is 1. The molecule has 236 valence electrons. The van der Waals surface area contributed by atoms with Crippen molar-refractivity contribution in [3.8, 4) is 22.8 Å². The van der Waals surface area contributed by atoms with Crippen molar-refractivity contribution < 1.29 is 27.1 Å². The van der Waals surface area contributed by atoms with Crippen LogP contribution in [-0.2, 0) is 0 Å². The second-order valence-electron chi connectivity index (χ2n) is 10.9. The number of hydrogen-bond acceptors (Lipinski definition) is 5. The Morgan fingerprint density at radius 3 is 2.49 bits per heavy atom. The molecule has 1 aliphatic heterocycles. The van der Waals surface area contributed by atoms with Gasteiger partial charge in [-0.05, 0) is 71.8 Å². The summed E-state index contributed by atoms with van der Waals surface area (Å²) >= 11 is 1.50. The number of benzene rings is 3. The number of nitrogens with one attached hydrogen (secondary N) is 1. The van der Waals surface area contributed by atoms with E-state index in [2.05, 4.69) is 32.1 Å². The molecule has 8 nitrogen and oxygen atoms in total. The largest absolute Gasteiger partial charge is 0.573 e. The van der Waals surface area contributed by atoms with Crippen molar-refractivity contribution in [3.05, 3.63) is 90.0 Å². The number of urea groups is 1. The number of carbonyl (C=O) groups is 1. The number of thioether (sulfide) groups is 1. The summed E-state index contributed by atoms with van der Waals surface area (Å²) in [5, 5.41) is 7.93. The standard InChI is InChI=1S/C32H32F4N6O2S/c1-20(2)27-18-24(33)8-13-28(27)41-16-17-45-31(41)39-30(43)37-15-14-21(3)22-4-6-23(7-5-22)29-38-19-42(40-29)25-9-11-26(12-10-25)44-32(34,35)36/h4-13,18-21H,14-17H2,1-3H3,(H,37,43)/b39-31-. The summed E-state index contributed by atoms with van der Waals surface area (Å²) in [5.41, 5.74) is 4.15. The number of carbonyl (C=O) groups excluding carboxylic acids is 1. The lowest BCUT2D eigenvalue weighted by atomic mass is 9.96. The SMILES string of the molecule is CC(C)c1cc(F)ccc1N1CCS/C1=N\C(=O)NCCC(C)c1ccc(-c2ncn(-c3ccc(OC(F)(F)F)cc3)n2)cc1. The van der Waals surface area contributed by atoms with E-state index in [1.807, 2.05) is 43.0 Å². The van der Waals surface area contributed by atoms with E-state index in [4.69, 9.17) is 0 Å². The van der Waals surface area contributed by atoms with Crippen molar-refractivity contribution in [3.63, 3.8) is 0 Å². The zero-order chi connectivity index (χ0) is 32.1. The van der Waals surface area contributed by atoms with Crippen LogP contribution in [0.3, 0.4) is 0 Å². The molecule has 4 aromatic rings. The van der Waals surface area contributed by atoms with Crippen LogP contribution in [-0.4, -0.2) is 51.2 Å². The summed E-state index contributed by atoms with van der Waals surface area (Å²) in [6.07, 6.45) is -2.57. The van der Waals surface area contributed by atoms with Crippen LogP contribution in [0.4, 0.5) is 28.0 Å². The summed E-state index contributed by atoms with van der Waals surface area (Å²) in [6.45, 7) is 7.23. The molecule has 1 unspecified atom stereocenters. The van der Waals surface area contributed by atoms with Crippen LogP contribution in [0.15, 0.2) is 78.0 Å². The Bertz CT molecular complexity index is 1660.